The highest BCUT2D eigenvalue weighted by Crippen LogP contribution is 2.33. The molecule has 1 aromatic rings. The first kappa shape index (κ1) is 10.5. The van der Waals surface area contributed by atoms with E-state index < -0.39 is 23.6 Å². The van der Waals surface area contributed by atoms with Crippen LogP contribution < -0.4 is 0 Å². The van der Waals surface area contributed by atoms with Gasteiger partial charge in [0.15, 0.2) is 11.6 Å². The summed E-state index contributed by atoms with van der Waals surface area (Å²) in [6.45, 7) is 0. The van der Waals surface area contributed by atoms with Crippen LogP contribution in [0.5, 0.6) is 0 Å². The SMILES string of the molecule is O[C@H]1CCCCc2c(F)cc(F)c(F)c21. The van der Waals surface area contributed by atoms with Crippen LogP contribution in [0, 0.1) is 17.5 Å². The summed E-state index contributed by atoms with van der Waals surface area (Å²) in [5.74, 6) is -3.10. The van der Waals surface area contributed by atoms with Gasteiger partial charge >= 0.3 is 0 Å². The van der Waals surface area contributed by atoms with Gasteiger partial charge < -0.3 is 5.11 Å². The van der Waals surface area contributed by atoms with Gasteiger partial charge in [-0.05, 0) is 24.8 Å². The molecule has 0 aromatic heterocycles. The Bertz CT molecular complexity index is 390. The van der Waals surface area contributed by atoms with Crippen LogP contribution in [-0.2, 0) is 6.42 Å². The largest absolute Gasteiger partial charge is 0.388 e. The van der Waals surface area contributed by atoms with Gasteiger partial charge in [-0.3, -0.25) is 0 Å². The molecule has 1 aliphatic carbocycles. The van der Waals surface area contributed by atoms with Crippen molar-refractivity contribution in [3.63, 3.8) is 0 Å². The molecule has 0 bridgehead atoms. The molecule has 1 nitrogen and oxygen atoms in total. The minimum absolute atomic E-state index is 0.124. The summed E-state index contributed by atoms with van der Waals surface area (Å²) in [6.07, 6.45) is 0.998. The molecule has 0 saturated carbocycles. The Labute approximate surface area is 85.5 Å². The summed E-state index contributed by atoms with van der Waals surface area (Å²) in [7, 11) is 0. The molecular formula is C11H11F3O. The molecule has 0 heterocycles. The van der Waals surface area contributed by atoms with Crippen LogP contribution in [0.15, 0.2) is 6.07 Å². The van der Waals surface area contributed by atoms with Gasteiger partial charge in [0, 0.05) is 11.6 Å². The van der Waals surface area contributed by atoms with E-state index in [1.807, 2.05) is 0 Å². The van der Waals surface area contributed by atoms with Gasteiger partial charge in [-0.1, -0.05) is 6.42 Å². The molecule has 82 valence electrons. The Hall–Kier alpha value is -1.03. The van der Waals surface area contributed by atoms with E-state index in [4.69, 9.17) is 0 Å². The predicted molar refractivity (Wildman–Crippen MR) is 48.8 cm³/mol. The fourth-order valence-corrected chi connectivity index (χ4v) is 2.04. The Kier molecular flexibility index (Phi) is 2.69. The van der Waals surface area contributed by atoms with Crippen molar-refractivity contribution in [2.24, 2.45) is 0 Å². The van der Waals surface area contributed by atoms with Crippen LogP contribution in [0.25, 0.3) is 0 Å². The average Bonchev–Trinajstić information content (AvgIpc) is 2.37. The molecule has 0 amide bonds. The topological polar surface area (TPSA) is 20.2 Å². The molecule has 0 saturated heterocycles. The summed E-state index contributed by atoms with van der Waals surface area (Å²) in [6, 6.07) is 0.548. The Balaban J connectivity index is 2.63. The molecule has 1 aliphatic rings. The zero-order chi connectivity index (χ0) is 11.0. The van der Waals surface area contributed by atoms with Crippen molar-refractivity contribution in [3.05, 3.63) is 34.6 Å². The average molecular weight is 216 g/mol. The Morgan fingerprint density at radius 3 is 2.60 bits per heavy atom. The van der Waals surface area contributed by atoms with Crippen molar-refractivity contribution in [3.8, 4) is 0 Å². The van der Waals surface area contributed by atoms with E-state index in [0.29, 0.717) is 31.7 Å². The van der Waals surface area contributed by atoms with E-state index in [2.05, 4.69) is 0 Å². The molecule has 4 heteroatoms. The predicted octanol–water partition coefficient (Wildman–Crippen LogP) is 2.86. The van der Waals surface area contributed by atoms with E-state index in [1.54, 1.807) is 0 Å². The quantitative estimate of drug-likeness (QED) is 0.522. The van der Waals surface area contributed by atoms with Crippen molar-refractivity contribution < 1.29 is 18.3 Å². The molecule has 1 aromatic carbocycles. The monoisotopic (exact) mass is 216 g/mol. The summed E-state index contributed by atoms with van der Waals surface area (Å²) < 4.78 is 39.7. The van der Waals surface area contributed by atoms with Crippen LogP contribution in [0.2, 0.25) is 0 Å². The number of rotatable bonds is 0. The summed E-state index contributed by atoms with van der Waals surface area (Å²) in [5, 5.41) is 9.60. The first-order valence-corrected chi connectivity index (χ1v) is 4.95. The van der Waals surface area contributed by atoms with Crippen LogP contribution in [0.1, 0.15) is 36.5 Å². The molecule has 15 heavy (non-hydrogen) atoms. The number of benzene rings is 1. The van der Waals surface area contributed by atoms with Crippen LogP contribution in [0.4, 0.5) is 13.2 Å². The van der Waals surface area contributed by atoms with Crippen LogP contribution >= 0.6 is 0 Å². The fourth-order valence-electron chi connectivity index (χ4n) is 2.04. The summed E-state index contributed by atoms with van der Waals surface area (Å²) >= 11 is 0. The van der Waals surface area contributed by atoms with Crippen molar-refractivity contribution in [1.29, 1.82) is 0 Å². The number of fused-ring (bicyclic) bond motifs is 1. The van der Waals surface area contributed by atoms with Crippen LogP contribution in [-0.4, -0.2) is 5.11 Å². The summed E-state index contributed by atoms with van der Waals surface area (Å²) in [4.78, 5) is 0. The maximum absolute atomic E-state index is 13.4. The van der Waals surface area contributed by atoms with Crippen LogP contribution in [0.3, 0.4) is 0 Å². The highest BCUT2D eigenvalue weighted by molar-refractivity contribution is 5.33. The zero-order valence-corrected chi connectivity index (χ0v) is 8.06. The molecule has 2 rings (SSSR count). The molecular weight excluding hydrogens is 205 g/mol. The molecule has 0 aliphatic heterocycles. The van der Waals surface area contributed by atoms with Gasteiger partial charge in [-0.2, -0.15) is 0 Å². The van der Waals surface area contributed by atoms with Gasteiger partial charge in [0.25, 0.3) is 0 Å². The second-order valence-electron chi connectivity index (χ2n) is 3.81. The zero-order valence-electron chi connectivity index (χ0n) is 8.06. The highest BCUT2D eigenvalue weighted by Gasteiger charge is 2.25. The Morgan fingerprint density at radius 1 is 1.13 bits per heavy atom. The molecule has 0 unspecified atom stereocenters. The molecule has 0 radical (unpaired) electrons. The van der Waals surface area contributed by atoms with E-state index >= 15 is 0 Å². The third kappa shape index (κ3) is 1.74. The first-order valence-electron chi connectivity index (χ1n) is 4.95. The molecule has 0 spiro atoms. The Morgan fingerprint density at radius 2 is 1.87 bits per heavy atom. The second kappa shape index (κ2) is 3.85. The molecule has 1 atom stereocenters. The van der Waals surface area contributed by atoms with E-state index in [0.717, 1.165) is 0 Å². The normalized spacial score (nSPS) is 20.9. The summed E-state index contributed by atoms with van der Waals surface area (Å²) in [5.41, 5.74) is -0.0658. The van der Waals surface area contributed by atoms with E-state index in [-0.39, 0.29) is 11.1 Å². The van der Waals surface area contributed by atoms with Gasteiger partial charge in [-0.25, -0.2) is 13.2 Å². The van der Waals surface area contributed by atoms with Gasteiger partial charge in [0.2, 0.25) is 0 Å². The lowest BCUT2D eigenvalue weighted by atomic mass is 9.99. The lowest BCUT2D eigenvalue weighted by Crippen LogP contribution is -2.07. The first-order chi connectivity index (χ1) is 7.11. The number of halogens is 3. The second-order valence-corrected chi connectivity index (χ2v) is 3.81. The van der Waals surface area contributed by atoms with Crippen molar-refractivity contribution in [1.82, 2.24) is 0 Å². The third-order valence-corrected chi connectivity index (χ3v) is 2.80. The minimum atomic E-state index is -1.23. The maximum Gasteiger partial charge on any atom is 0.165 e. The van der Waals surface area contributed by atoms with E-state index in [9.17, 15) is 18.3 Å². The van der Waals surface area contributed by atoms with Gasteiger partial charge in [0.05, 0.1) is 6.10 Å². The third-order valence-electron chi connectivity index (χ3n) is 2.80. The number of hydrogen-bond acceptors (Lipinski definition) is 1. The molecule has 0 fully saturated rings. The number of aliphatic hydroxyl groups is 1. The standard InChI is InChI=1S/C11H11F3O/c12-7-5-8(13)11(14)10-6(7)3-1-2-4-9(10)15/h5,9,15H,1-4H2/t9-/m0/s1. The number of aliphatic hydroxyl groups excluding tert-OH is 1. The van der Waals surface area contributed by atoms with Gasteiger partial charge in [-0.15, -0.1) is 0 Å². The van der Waals surface area contributed by atoms with Crippen molar-refractivity contribution in [2.45, 2.75) is 31.8 Å². The number of hydrogen-bond donors (Lipinski definition) is 1. The smallest absolute Gasteiger partial charge is 0.165 e. The van der Waals surface area contributed by atoms with Gasteiger partial charge in [0.1, 0.15) is 5.82 Å². The lowest BCUT2D eigenvalue weighted by Gasteiger charge is -2.13. The minimum Gasteiger partial charge on any atom is -0.388 e. The van der Waals surface area contributed by atoms with Crippen molar-refractivity contribution in [2.75, 3.05) is 0 Å². The van der Waals surface area contributed by atoms with Crippen molar-refractivity contribution >= 4 is 0 Å². The molecule has 1 N–H and O–H groups in total. The lowest BCUT2D eigenvalue weighted by molar-refractivity contribution is 0.160. The van der Waals surface area contributed by atoms with E-state index in [1.165, 1.54) is 0 Å². The maximum atomic E-state index is 13.4. The highest BCUT2D eigenvalue weighted by atomic mass is 19.2. The fraction of sp³-hybridized carbons (Fsp3) is 0.455.